The number of anilines is 1. The number of likely N-dealkylation sites (tertiary alicyclic amines) is 1. The fourth-order valence-electron chi connectivity index (χ4n) is 5.85. The largest absolute Gasteiger partial charge is 0.393 e. The van der Waals surface area contributed by atoms with Gasteiger partial charge in [0.2, 0.25) is 5.95 Å². The number of aromatic nitrogens is 4. The highest BCUT2D eigenvalue weighted by molar-refractivity contribution is 5.94. The van der Waals surface area contributed by atoms with E-state index in [1.807, 2.05) is 23.2 Å². The van der Waals surface area contributed by atoms with Gasteiger partial charge in [0.1, 0.15) is 5.65 Å². The number of fused-ring (bicyclic) bond motifs is 1. The van der Waals surface area contributed by atoms with Gasteiger partial charge in [0.15, 0.2) is 0 Å². The highest BCUT2D eigenvalue weighted by atomic mass is 16.3. The van der Waals surface area contributed by atoms with Crippen molar-refractivity contribution >= 4 is 22.9 Å². The average Bonchev–Trinajstić information content (AvgIpc) is 3.28. The molecule has 192 valence electrons. The van der Waals surface area contributed by atoms with E-state index < -0.39 is 0 Å². The van der Waals surface area contributed by atoms with Gasteiger partial charge in [0.25, 0.3) is 5.91 Å². The Bertz CT molecular complexity index is 1160. The third-order valence-corrected chi connectivity index (χ3v) is 7.89. The molecule has 3 aromatic heterocycles. The predicted molar refractivity (Wildman–Crippen MR) is 141 cm³/mol. The van der Waals surface area contributed by atoms with Crippen LogP contribution < -0.4 is 5.32 Å². The Kier molecular flexibility index (Phi) is 7.51. The molecule has 1 amide bonds. The Balaban J connectivity index is 1.39. The van der Waals surface area contributed by atoms with Crippen LogP contribution >= 0.6 is 0 Å². The Morgan fingerprint density at radius 3 is 2.64 bits per heavy atom. The standard InChI is InChI=1S/C28H38N6O2/c1-3-5-19(2)31-28-30-17-24-25(18-34(26(24)32-28)22-7-9-23(35)10-8-22)20-11-14-33(15-12-20)27(36)21-6-4-13-29-16-21/h4,6,13,16-20,22-23,35H,3,5,7-12,14-15H2,1-2H3,(H,30,31,32). The van der Waals surface area contributed by atoms with Crippen molar-refractivity contribution in [1.82, 2.24) is 24.4 Å². The van der Waals surface area contributed by atoms with Crippen molar-refractivity contribution in [1.29, 1.82) is 0 Å². The van der Waals surface area contributed by atoms with E-state index in [9.17, 15) is 9.90 Å². The maximum absolute atomic E-state index is 12.9. The van der Waals surface area contributed by atoms with Gasteiger partial charge in [-0.3, -0.25) is 9.78 Å². The van der Waals surface area contributed by atoms with Crippen molar-refractivity contribution in [3.8, 4) is 0 Å². The first kappa shape index (κ1) is 24.7. The maximum Gasteiger partial charge on any atom is 0.255 e. The number of amides is 1. The molecule has 2 fully saturated rings. The molecule has 2 N–H and O–H groups in total. The molecule has 3 aromatic rings. The SMILES string of the molecule is CCCC(C)Nc1ncc2c(C3CCN(C(=O)c4cccnc4)CC3)cn(C3CCC(O)CC3)c2n1. The molecule has 0 aromatic carbocycles. The van der Waals surface area contributed by atoms with Gasteiger partial charge in [0, 0.05) is 55.3 Å². The normalized spacial score (nSPS) is 22.0. The van der Waals surface area contributed by atoms with Crippen molar-refractivity contribution in [3.05, 3.63) is 48.0 Å². The Morgan fingerprint density at radius 1 is 1.17 bits per heavy atom. The van der Waals surface area contributed by atoms with Crippen LogP contribution in [-0.2, 0) is 0 Å². The van der Waals surface area contributed by atoms with E-state index in [1.54, 1.807) is 12.4 Å². The number of nitrogens with one attached hydrogen (secondary N) is 1. The summed E-state index contributed by atoms with van der Waals surface area (Å²) in [6, 6.07) is 4.31. The smallest absolute Gasteiger partial charge is 0.255 e. The van der Waals surface area contributed by atoms with Crippen LogP contribution in [0.3, 0.4) is 0 Å². The molecule has 0 radical (unpaired) electrons. The van der Waals surface area contributed by atoms with Crippen molar-refractivity contribution in [3.63, 3.8) is 0 Å². The van der Waals surface area contributed by atoms with Crippen molar-refractivity contribution in [2.24, 2.45) is 0 Å². The highest BCUT2D eigenvalue weighted by Gasteiger charge is 2.29. The summed E-state index contributed by atoms with van der Waals surface area (Å²) in [5.74, 6) is 1.11. The monoisotopic (exact) mass is 490 g/mol. The molecule has 1 aliphatic carbocycles. The first-order valence-electron chi connectivity index (χ1n) is 13.5. The fourth-order valence-corrected chi connectivity index (χ4v) is 5.85. The van der Waals surface area contributed by atoms with Gasteiger partial charge in [-0.05, 0) is 75.5 Å². The van der Waals surface area contributed by atoms with E-state index in [2.05, 4.69) is 34.9 Å². The molecule has 8 heteroatoms. The van der Waals surface area contributed by atoms with Crippen LogP contribution in [0.2, 0.25) is 0 Å². The zero-order valence-corrected chi connectivity index (χ0v) is 21.4. The second-order valence-corrected chi connectivity index (χ2v) is 10.5. The fraction of sp³-hybridized carbons (Fsp3) is 0.571. The van der Waals surface area contributed by atoms with Gasteiger partial charge in [-0.1, -0.05) is 13.3 Å². The van der Waals surface area contributed by atoms with E-state index in [-0.39, 0.29) is 12.0 Å². The molecule has 5 rings (SSSR count). The van der Waals surface area contributed by atoms with E-state index in [4.69, 9.17) is 9.97 Å². The molecule has 1 saturated carbocycles. The van der Waals surface area contributed by atoms with Gasteiger partial charge < -0.3 is 19.9 Å². The summed E-state index contributed by atoms with van der Waals surface area (Å²) in [5, 5.41) is 14.6. The van der Waals surface area contributed by atoms with Crippen molar-refractivity contribution < 1.29 is 9.90 Å². The van der Waals surface area contributed by atoms with E-state index in [0.29, 0.717) is 29.5 Å². The number of carbonyl (C=O) groups excluding carboxylic acids is 1. The number of piperidine rings is 1. The topological polar surface area (TPSA) is 96.2 Å². The van der Waals surface area contributed by atoms with Crippen molar-refractivity contribution in [2.75, 3.05) is 18.4 Å². The number of nitrogens with zero attached hydrogens (tertiary/aromatic N) is 5. The molecule has 1 aliphatic heterocycles. The van der Waals surface area contributed by atoms with Crippen LogP contribution in [0.1, 0.15) is 93.1 Å². The maximum atomic E-state index is 12.9. The average molecular weight is 491 g/mol. The van der Waals surface area contributed by atoms with Crippen LogP contribution in [0.25, 0.3) is 11.0 Å². The third kappa shape index (κ3) is 5.24. The van der Waals surface area contributed by atoms with Crippen LogP contribution in [0, 0.1) is 0 Å². The molecule has 8 nitrogen and oxygen atoms in total. The lowest BCUT2D eigenvalue weighted by molar-refractivity contribution is 0.0712. The lowest BCUT2D eigenvalue weighted by Gasteiger charge is -2.32. The minimum atomic E-state index is -0.189. The molecule has 0 spiro atoms. The quantitative estimate of drug-likeness (QED) is 0.488. The van der Waals surface area contributed by atoms with Gasteiger partial charge >= 0.3 is 0 Å². The molecular weight excluding hydrogens is 452 g/mol. The van der Waals surface area contributed by atoms with Gasteiger partial charge in [-0.15, -0.1) is 0 Å². The van der Waals surface area contributed by atoms with Crippen LogP contribution in [0.5, 0.6) is 0 Å². The van der Waals surface area contributed by atoms with Crippen LogP contribution in [0.4, 0.5) is 5.95 Å². The molecule has 0 bridgehead atoms. The minimum absolute atomic E-state index is 0.0602. The Morgan fingerprint density at radius 2 is 1.94 bits per heavy atom. The number of rotatable bonds is 7. The number of aliphatic hydroxyl groups excluding tert-OH is 1. The summed E-state index contributed by atoms with van der Waals surface area (Å²) >= 11 is 0. The first-order valence-corrected chi connectivity index (χ1v) is 13.5. The molecule has 1 unspecified atom stereocenters. The number of pyridine rings is 1. The molecule has 1 atom stereocenters. The molecular formula is C28H38N6O2. The summed E-state index contributed by atoms with van der Waals surface area (Å²) in [4.78, 5) is 28.6. The van der Waals surface area contributed by atoms with Crippen LogP contribution in [-0.4, -0.2) is 60.7 Å². The van der Waals surface area contributed by atoms with E-state index >= 15 is 0 Å². The van der Waals surface area contributed by atoms with Gasteiger partial charge in [-0.2, -0.15) is 4.98 Å². The van der Waals surface area contributed by atoms with Gasteiger partial charge in [0.05, 0.1) is 11.7 Å². The summed E-state index contributed by atoms with van der Waals surface area (Å²) in [6.07, 6.45) is 15.0. The zero-order chi connectivity index (χ0) is 25.1. The number of hydrogen-bond acceptors (Lipinski definition) is 6. The number of carbonyl (C=O) groups is 1. The second-order valence-electron chi connectivity index (χ2n) is 10.5. The minimum Gasteiger partial charge on any atom is -0.393 e. The highest BCUT2D eigenvalue weighted by Crippen LogP contribution is 2.38. The first-order chi connectivity index (χ1) is 17.5. The molecule has 1 saturated heterocycles. The van der Waals surface area contributed by atoms with Gasteiger partial charge in [-0.25, -0.2) is 4.98 Å². The lowest BCUT2D eigenvalue weighted by atomic mass is 9.89. The molecule has 4 heterocycles. The second kappa shape index (κ2) is 10.9. The Labute approximate surface area is 213 Å². The zero-order valence-electron chi connectivity index (χ0n) is 21.4. The van der Waals surface area contributed by atoms with E-state index in [1.165, 1.54) is 5.56 Å². The lowest BCUT2D eigenvalue weighted by Crippen LogP contribution is -2.37. The Hall–Kier alpha value is -3.00. The van der Waals surface area contributed by atoms with Crippen LogP contribution in [0.15, 0.2) is 36.9 Å². The summed E-state index contributed by atoms with van der Waals surface area (Å²) in [5.41, 5.74) is 2.93. The molecule has 36 heavy (non-hydrogen) atoms. The predicted octanol–water partition coefficient (Wildman–Crippen LogP) is 4.92. The number of aliphatic hydroxyl groups is 1. The number of hydrogen-bond donors (Lipinski definition) is 2. The molecule has 2 aliphatic rings. The van der Waals surface area contributed by atoms with Crippen molar-refractivity contribution in [2.45, 2.75) is 89.3 Å². The van der Waals surface area contributed by atoms with E-state index in [0.717, 1.165) is 75.5 Å². The summed E-state index contributed by atoms with van der Waals surface area (Å²) < 4.78 is 2.35. The summed E-state index contributed by atoms with van der Waals surface area (Å²) in [6.45, 7) is 5.82. The summed E-state index contributed by atoms with van der Waals surface area (Å²) in [7, 11) is 0. The third-order valence-electron chi connectivity index (χ3n) is 7.89.